The molecule has 0 saturated heterocycles. The van der Waals surface area contributed by atoms with E-state index in [1.165, 1.54) is 6.92 Å². The molecule has 0 radical (unpaired) electrons. The number of hydrogen-bond donors (Lipinski definition) is 3. The summed E-state index contributed by atoms with van der Waals surface area (Å²) in [6.45, 7) is 1.53. The predicted molar refractivity (Wildman–Crippen MR) is 82.0 cm³/mol. The standard InChI is InChI=1S/C17H14N2O2/c1-17(21)15-14(10-6-2-3-7-11(10)16(17)20)18-12-8-4-5-9-13(12)19-15/h2-9,18-19,21H,1H3/t17-/m1/s1. The van der Waals surface area contributed by atoms with E-state index in [-0.39, 0.29) is 5.78 Å². The summed E-state index contributed by atoms with van der Waals surface area (Å²) in [7, 11) is 0. The second-order valence-corrected chi connectivity index (χ2v) is 5.49. The van der Waals surface area contributed by atoms with Crippen LogP contribution >= 0.6 is 0 Å². The van der Waals surface area contributed by atoms with Gasteiger partial charge in [-0.1, -0.05) is 36.4 Å². The fourth-order valence-electron chi connectivity index (χ4n) is 2.94. The third-order valence-electron chi connectivity index (χ3n) is 4.07. The van der Waals surface area contributed by atoms with Crippen LogP contribution in [-0.2, 0) is 0 Å². The van der Waals surface area contributed by atoms with E-state index in [2.05, 4.69) is 10.6 Å². The molecule has 2 aliphatic rings. The van der Waals surface area contributed by atoms with Gasteiger partial charge in [-0.2, -0.15) is 0 Å². The average Bonchev–Trinajstić information content (AvgIpc) is 2.52. The van der Waals surface area contributed by atoms with Crippen LogP contribution in [0.15, 0.2) is 54.2 Å². The van der Waals surface area contributed by atoms with Crippen LogP contribution in [0, 0.1) is 0 Å². The first-order valence-corrected chi connectivity index (χ1v) is 6.83. The van der Waals surface area contributed by atoms with Gasteiger partial charge in [0.25, 0.3) is 0 Å². The molecule has 0 amide bonds. The van der Waals surface area contributed by atoms with Crippen molar-refractivity contribution >= 4 is 22.9 Å². The van der Waals surface area contributed by atoms with Gasteiger partial charge in [0.05, 0.1) is 22.8 Å². The van der Waals surface area contributed by atoms with E-state index in [4.69, 9.17) is 0 Å². The highest BCUT2D eigenvalue weighted by atomic mass is 16.3. The lowest BCUT2D eigenvalue weighted by atomic mass is 9.80. The van der Waals surface area contributed by atoms with Gasteiger partial charge in [-0.05, 0) is 19.1 Å². The Kier molecular flexibility index (Phi) is 2.30. The van der Waals surface area contributed by atoms with Gasteiger partial charge in [-0.25, -0.2) is 0 Å². The molecule has 2 aromatic carbocycles. The van der Waals surface area contributed by atoms with Crippen LogP contribution in [-0.4, -0.2) is 16.5 Å². The molecule has 21 heavy (non-hydrogen) atoms. The lowest BCUT2D eigenvalue weighted by Gasteiger charge is -2.37. The monoisotopic (exact) mass is 278 g/mol. The average molecular weight is 278 g/mol. The van der Waals surface area contributed by atoms with Gasteiger partial charge in [0.2, 0.25) is 5.78 Å². The van der Waals surface area contributed by atoms with Crippen molar-refractivity contribution in [1.82, 2.24) is 0 Å². The van der Waals surface area contributed by atoms with Crippen LogP contribution in [0.4, 0.5) is 11.4 Å². The van der Waals surface area contributed by atoms with Crippen molar-refractivity contribution in [3.05, 3.63) is 65.4 Å². The molecule has 104 valence electrons. The number of hydrogen-bond acceptors (Lipinski definition) is 4. The normalized spacial score (nSPS) is 22.7. The Hall–Kier alpha value is -2.59. The molecule has 1 heterocycles. The number of carbonyl (C=O) groups is 1. The topological polar surface area (TPSA) is 61.4 Å². The van der Waals surface area contributed by atoms with Gasteiger partial charge in [0.15, 0.2) is 5.60 Å². The van der Waals surface area contributed by atoms with E-state index in [9.17, 15) is 9.90 Å². The number of benzene rings is 2. The van der Waals surface area contributed by atoms with Crippen LogP contribution in [0.25, 0.3) is 5.70 Å². The molecule has 0 spiro atoms. The Bertz CT molecular complexity index is 806. The van der Waals surface area contributed by atoms with Crippen molar-refractivity contribution in [2.45, 2.75) is 12.5 Å². The molecule has 4 heteroatoms. The van der Waals surface area contributed by atoms with E-state index in [0.717, 1.165) is 22.6 Å². The van der Waals surface area contributed by atoms with Crippen molar-refractivity contribution in [3.8, 4) is 0 Å². The molecule has 0 bridgehead atoms. The van der Waals surface area contributed by atoms with Crippen LogP contribution < -0.4 is 10.6 Å². The Balaban J connectivity index is 1.98. The summed E-state index contributed by atoms with van der Waals surface area (Å²) in [5, 5.41) is 17.2. The second-order valence-electron chi connectivity index (χ2n) is 5.49. The molecule has 4 rings (SSSR count). The highest BCUT2D eigenvalue weighted by Gasteiger charge is 2.44. The molecule has 2 aromatic rings. The minimum Gasteiger partial charge on any atom is -0.376 e. The number of para-hydroxylation sites is 2. The van der Waals surface area contributed by atoms with E-state index in [0.29, 0.717) is 11.3 Å². The smallest absolute Gasteiger partial charge is 0.200 e. The Labute approximate surface area is 122 Å². The Morgan fingerprint density at radius 3 is 2.19 bits per heavy atom. The van der Waals surface area contributed by atoms with Crippen LogP contribution in [0.5, 0.6) is 0 Å². The molecular weight excluding hydrogens is 264 g/mol. The number of nitrogens with one attached hydrogen (secondary N) is 2. The quantitative estimate of drug-likeness (QED) is 0.693. The maximum Gasteiger partial charge on any atom is 0.200 e. The van der Waals surface area contributed by atoms with Crippen molar-refractivity contribution < 1.29 is 9.90 Å². The summed E-state index contributed by atoms with van der Waals surface area (Å²) in [4.78, 5) is 12.6. The van der Waals surface area contributed by atoms with Gasteiger partial charge in [-0.15, -0.1) is 0 Å². The van der Waals surface area contributed by atoms with E-state index in [1.54, 1.807) is 6.07 Å². The van der Waals surface area contributed by atoms with Crippen LogP contribution in [0.3, 0.4) is 0 Å². The molecule has 3 N–H and O–H groups in total. The van der Waals surface area contributed by atoms with E-state index >= 15 is 0 Å². The molecule has 0 saturated carbocycles. The van der Waals surface area contributed by atoms with E-state index < -0.39 is 5.60 Å². The fraction of sp³-hybridized carbons (Fsp3) is 0.118. The summed E-state index contributed by atoms with van der Waals surface area (Å²) in [6, 6.07) is 15.1. The number of fused-ring (bicyclic) bond motifs is 3. The van der Waals surface area contributed by atoms with Gasteiger partial charge < -0.3 is 15.7 Å². The molecule has 1 aliphatic heterocycles. The molecule has 1 aliphatic carbocycles. The molecule has 0 unspecified atom stereocenters. The van der Waals surface area contributed by atoms with Crippen LogP contribution in [0.1, 0.15) is 22.8 Å². The summed E-state index contributed by atoms with van der Waals surface area (Å²) in [5.74, 6) is -0.287. The lowest BCUT2D eigenvalue weighted by molar-refractivity contribution is 0.0551. The largest absolute Gasteiger partial charge is 0.376 e. The van der Waals surface area contributed by atoms with Crippen molar-refractivity contribution in [2.75, 3.05) is 10.6 Å². The minimum absolute atomic E-state index is 0.287. The number of rotatable bonds is 0. The fourth-order valence-corrected chi connectivity index (χ4v) is 2.94. The first-order chi connectivity index (χ1) is 10.1. The summed E-state index contributed by atoms with van der Waals surface area (Å²) in [6.07, 6.45) is 0. The highest BCUT2D eigenvalue weighted by Crippen LogP contribution is 2.42. The molecule has 0 aromatic heterocycles. The third kappa shape index (κ3) is 1.56. The number of carbonyl (C=O) groups excluding carboxylic acids is 1. The Morgan fingerprint density at radius 1 is 0.905 bits per heavy atom. The second kappa shape index (κ2) is 3.96. The number of ketones is 1. The van der Waals surface area contributed by atoms with E-state index in [1.807, 2.05) is 42.5 Å². The maximum absolute atomic E-state index is 12.6. The van der Waals surface area contributed by atoms with Gasteiger partial charge in [0.1, 0.15) is 0 Å². The first kappa shape index (κ1) is 12.2. The molecule has 0 fully saturated rings. The van der Waals surface area contributed by atoms with Crippen LogP contribution in [0.2, 0.25) is 0 Å². The zero-order valence-corrected chi connectivity index (χ0v) is 11.5. The maximum atomic E-state index is 12.6. The molecule has 4 nitrogen and oxygen atoms in total. The zero-order chi connectivity index (χ0) is 14.6. The molecule has 1 atom stereocenters. The molecular formula is C17H14N2O2. The summed E-state index contributed by atoms with van der Waals surface area (Å²) < 4.78 is 0. The van der Waals surface area contributed by atoms with Gasteiger partial charge in [0, 0.05) is 11.1 Å². The number of anilines is 2. The van der Waals surface area contributed by atoms with Crippen molar-refractivity contribution in [1.29, 1.82) is 0 Å². The summed E-state index contributed by atoms with van der Waals surface area (Å²) in [5.41, 5.74) is 2.82. The van der Waals surface area contributed by atoms with Gasteiger partial charge >= 0.3 is 0 Å². The van der Waals surface area contributed by atoms with Gasteiger partial charge in [-0.3, -0.25) is 4.79 Å². The van der Waals surface area contributed by atoms with Crippen molar-refractivity contribution in [2.24, 2.45) is 0 Å². The first-order valence-electron chi connectivity index (χ1n) is 6.83. The highest BCUT2D eigenvalue weighted by molar-refractivity contribution is 6.14. The SMILES string of the molecule is C[C@]1(O)C(=O)c2ccccc2C2=C1Nc1ccccc1N2. The number of aliphatic hydroxyl groups is 1. The lowest BCUT2D eigenvalue weighted by Crippen LogP contribution is -2.45. The Morgan fingerprint density at radius 2 is 1.48 bits per heavy atom. The van der Waals surface area contributed by atoms with Crippen molar-refractivity contribution in [3.63, 3.8) is 0 Å². The predicted octanol–water partition coefficient (Wildman–Crippen LogP) is 2.84. The zero-order valence-electron chi connectivity index (χ0n) is 11.5. The number of Topliss-reactive ketones (excluding diaryl/α,β-unsaturated/α-hetero) is 1. The minimum atomic E-state index is -1.57. The summed E-state index contributed by atoms with van der Waals surface area (Å²) >= 11 is 0. The third-order valence-corrected chi connectivity index (χ3v) is 4.07.